The molecule has 0 aromatic carbocycles. The molecule has 2 saturated heterocycles. The Labute approximate surface area is 149 Å². The van der Waals surface area contributed by atoms with E-state index in [0.29, 0.717) is 13.1 Å². The lowest BCUT2D eigenvalue weighted by Gasteiger charge is -2.38. The highest BCUT2D eigenvalue weighted by Crippen LogP contribution is 2.20. The third kappa shape index (κ3) is 4.12. The molecule has 25 heavy (non-hydrogen) atoms. The summed E-state index contributed by atoms with van der Waals surface area (Å²) in [5, 5.41) is 0. The molecule has 0 saturated carbocycles. The summed E-state index contributed by atoms with van der Waals surface area (Å²) in [6, 6.07) is 2.36. The zero-order valence-electron chi connectivity index (χ0n) is 15.4. The molecule has 3 heterocycles. The summed E-state index contributed by atoms with van der Waals surface area (Å²) in [6.07, 6.45) is 1.63. The van der Waals surface area contributed by atoms with Crippen LogP contribution >= 0.6 is 0 Å². The lowest BCUT2D eigenvalue weighted by Crippen LogP contribution is -2.53. The first-order chi connectivity index (χ1) is 12.1. The molecule has 0 radical (unpaired) electrons. The maximum Gasteiger partial charge on any atom is 0.320 e. The summed E-state index contributed by atoms with van der Waals surface area (Å²) in [5.41, 5.74) is 0. The number of carbonyl (C=O) groups is 1. The predicted molar refractivity (Wildman–Crippen MR) is 97.1 cm³/mol. The Morgan fingerprint density at radius 3 is 2.16 bits per heavy atom. The van der Waals surface area contributed by atoms with Gasteiger partial charge in [-0.1, -0.05) is 0 Å². The Morgan fingerprint density at radius 2 is 1.60 bits per heavy atom. The molecule has 0 spiro atoms. The molecule has 2 fully saturated rings. The molecule has 2 aliphatic heterocycles. The van der Waals surface area contributed by atoms with Crippen LogP contribution in [0.25, 0.3) is 0 Å². The zero-order chi connectivity index (χ0) is 17.8. The van der Waals surface area contributed by atoms with Crippen molar-refractivity contribution in [3.05, 3.63) is 12.4 Å². The summed E-state index contributed by atoms with van der Waals surface area (Å²) in [6.45, 7) is 10.3. The number of ether oxygens (including phenoxy) is 1. The standard InChI is InChI=1S/C17H28N6O2/c1-14(2)20(3)17(24)23-6-4-21(5-7-23)15-12-16(19-13-18-15)22-8-10-25-11-9-22/h12-14H,4-11H2,1-3H3. The van der Waals surface area contributed by atoms with Crippen molar-refractivity contribution < 1.29 is 9.53 Å². The maximum absolute atomic E-state index is 12.4. The number of rotatable bonds is 3. The molecule has 8 nitrogen and oxygen atoms in total. The van der Waals surface area contributed by atoms with Gasteiger partial charge in [0.1, 0.15) is 18.0 Å². The lowest BCUT2D eigenvalue weighted by molar-refractivity contribution is 0.122. The van der Waals surface area contributed by atoms with Crippen LogP contribution in [0.1, 0.15) is 13.8 Å². The van der Waals surface area contributed by atoms with Crippen molar-refractivity contribution in [1.82, 2.24) is 19.8 Å². The molecule has 0 bridgehead atoms. The van der Waals surface area contributed by atoms with Gasteiger partial charge >= 0.3 is 6.03 Å². The third-order valence-corrected chi connectivity index (χ3v) is 4.92. The minimum absolute atomic E-state index is 0.103. The van der Waals surface area contributed by atoms with Crippen molar-refractivity contribution in [2.24, 2.45) is 0 Å². The third-order valence-electron chi connectivity index (χ3n) is 4.92. The quantitative estimate of drug-likeness (QED) is 0.808. The van der Waals surface area contributed by atoms with E-state index in [0.717, 1.165) is 51.0 Å². The molecular weight excluding hydrogens is 320 g/mol. The van der Waals surface area contributed by atoms with Gasteiger partial charge in [-0.25, -0.2) is 14.8 Å². The van der Waals surface area contributed by atoms with E-state index in [4.69, 9.17) is 4.74 Å². The molecule has 1 aromatic rings. The van der Waals surface area contributed by atoms with Crippen LogP contribution in [0.15, 0.2) is 12.4 Å². The van der Waals surface area contributed by atoms with Crippen LogP contribution in [0.5, 0.6) is 0 Å². The second-order valence-electron chi connectivity index (χ2n) is 6.80. The van der Waals surface area contributed by atoms with E-state index in [9.17, 15) is 4.79 Å². The number of anilines is 2. The molecular formula is C17H28N6O2. The van der Waals surface area contributed by atoms with Crippen LogP contribution in [0.4, 0.5) is 16.4 Å². The average molecular weight is 348 g/mol. The van der Waals surface area contributed by atoms with Crippen LogP contribution in [-0.4, -0.2) is 91.4 Å². The van der Waals surface area contributed by atoms with E-state index in [2.05, 4.69) is 19.8 Å². The van der Waals surface area contributed by atoms with Crippen molar-refractivity contribution in [2.45, 2.75) is 19.9 Å². The van der Waals surface area contributed by atoms with Gasteiger partial charge in [-0.2, -0.15) is 0 Å². The molecule has 3 rings (SSSR count). The molecule has 138 valence electrons. The Kier molecular flexibility index (Phi) is 5.57. The number of morpholine rings is 1. The minimum atomic E-state index is 0.103. The smallest absolute Gasteiger partial charge is 0.320 e. The largest absolute Gasteiger partial charge is 0.378 e. The number of amides is 2. The summed E-state index contributed by atoms with van der Waals surface area (Å²) in [5.74, 6) is 1.88. The topological polar surface area (TPSA) is 65.0 Å². The van der Waals surface area contributed by atoms with E-state index < -0.39 is 0 Å². The van der Waals surface area contributed by atoms with Gasteiger partial charge in [0.2, 0.25) is 0 Å². The van der Waals surface area contributed by atoms with E-state index in [1.807, 2.05) is 31.9 Å². The van der Waals surface area contributed by atoms with E-state index in [-0.39, 0.29) is 12.1 Å². The second-order valence-corrected chi connectivity index (χ2v) is 6.80. The van der Waals surface area contributed by atoms with E-state index in [1.165, 1.54) is 0 Å². The first kappa shape index (κ1) is 17.7. The van der Waals surface area contributed by atoms with Crippen molar-refractivity contribution >= 4 is 17.7 Å². The van der Waals surface area contributed by atoms with Gasteiger partial charge in [0.05, 0.1) is 13.2 Å². The molecule has 2 amide bonds. The van der Waals surface area contributed by atoms with Crippen molar-refractivity contribution in [3.63, 3.8) is 0 Å². The summed E-state index contributed by atoms with van der Waals surface area (Å²) >= 11 is 0. The Morgan fingerprint density at radius 1 is 1.04 bits per heavy atom. The van der Waals surface area contributed by atoms with Gasteiger partial charge in [0.15, 0.2) is 0 Å². The minimum Gasteiger partial charge on any atom is -0.378 e. The number of hydrogen-bond acceptors (Lipinski definition) is 6. The van der Waals surface area contributed by atoms with Gasteiger partial charge in [0.25, 0.3) is 0 Å². The normalized spacial score (nSPS) is 18.6. The second kappa shape index (κ2) is 7.86. The van der Waals surface area contributed by atoms with Crippen LogP contribution in [0.2, 0.25) is 0 Å². The Balaban J connectivity index is 1.60. The highest BCUT2D eigenvalue weighted by atomic mass is 16.5. The highest BCUT2D eigenvalue weighted by Gasteiger charge is 2.25. The monoisotopic (exact) mass is 348 g/mol. The Hall–Kier alpha value is -2.09. The summed E-state index contributed by atoms with van der Waals surface area (Å²) in [4.78, 5) is 29.4. The number of nitrogens with zero attached hydrogens (tertiary/aromatic N) is 6. The van der Waals surface area contributed by atoms with Gasteiger partial charge in [-0.3, -0.25) is 0 Å². The molecule has 0 atom stereocenters. The highest BCUT2D eigenvalue weighted by molar-refractivity contribution is 5.74. The van der Waals surface area contributed by atoms with Crippen LogP contribution < -0.4 is 9.80 Å². The molecule has 0 unspecified atom stereocenters. The first-order valence-electron chi connectivity index (χ1n) is 8.97. The number of carbonyl (C=O) groups excluding carboxylic acids is 1. The van der Waals surface area contributed by atoms with Crippen molar-refractivity contribution in [2.75, 3.05) is 69.3 Å². The number of piperazine rings is 1. The van der Waals surface area contributed by atoms with Crippen LogP contribution in [-0.2, 0) is 4.74 Å². The number of hydrogen-bond donors (Lipinski definition) is 0. The van der Waals surface area contributed by atoms with Crippen molar-refractivity contribution in [3.8, 4) is 0 Å². The molecule has 2 aliphatic rings. The fraction of sp³-hybridized carbons (Fsp3) is 0.706. The fourth-order valence-electron chi connectivity index (χ4n) is 3.05. The molecule has 0 N–H and O–H groups in total. The van der Waals surface area contributed by atoms with Crippen molar-refractivity contribution in [1.29, 1.82) is 0 Å². The summed E-state index contributed by atoms with van der Waals surface area (Å²) < 4.78 is 5.40. The summed E-state index contributed by atoms with van der Waals surface area (Å²) in [7, 11) is 1.86. The van der Waals surface area contributed by atoms with Gasteiger partial charge in [-0.05, 0) is 13.8 Å². The SMILES string of the molecule is CC(C)N(C)C(=O)N1CCN(c2cc(N3CCOCC3)ncn2)CC1. The fourth-order valence-corrected chi connectivity index (χ4v) is 3.05. The van der Waals surface area contributed by atoms with Crippen LogP contribution in [0.3, 0.4) is 0 Å². The zero-order valence-corrected chi connectivity index (χ0v) is 15.4. The lowest BCUT2D eigenvalue weighted by atomic mass is 10.3. The number of aromatic nitrogens is 2. The molecule has 8 heteroatoms. The Bertz CT molecular complexity index is 582. The number of urea groups is 1. The van der Waals surface area contributed by atoms with Gasteiger partial charge in [-0.15, -0.1) is 0 Å². The van der Waals surface area contributed by atoms with E-state index >= 15 is 0 Å². The molecule has 0 aliphatic carbocycles. The predicted octanol–water partition coefficient (Wildman–Crippen LogP) is 0.895. The van der Waals surface area contributed by atoms with E-state index in [1.54, 1.807) is 11.2 Å². The maximum atomic E-state index is 12.4. The van der Waals surface area contributed by atoms with Gasteiger partial charge in [0, 0.05) is 58.4 Å². The average Bonchev–Trinajstić information content (AvgIpc) is 2.67. The molecule has 1 aromatic heterocycles. The van der Waals surface area contributed by atoms with Gasteiger partial charge < -0.3 is 24.3 Å². The van der Waals surface area contributed by atoms with Crippen LogP contribution in [0, 0.1) is 0 Å². The first-order valence-corrected chi connectivity index (χ1v) is 8.97.